The number of ether oxygens (including phenoxy) is 3. The van der Waals surface area contributed by atoms with Crippen molar-refractivity contribution in [2.75, 3.05) is 27.9 Å². The number of aliphatic carboxylic acids is 1. The topological polar surface area (TPSA) is 152 Å². The van der Waals surface area contributed by atoms with Crippen molar-refractivity contribution < 1.29 is 43.3 Å². The van der Waals surface area contributed by atoms with E-state index in [-0.39, 0.29) is 35.4 Å². The summed E-state index contributed by atoms with van der Waals surface area (Å²) >= 11 is 0. The van der Waals surface area contributed by atoms with Crippen LogP contribution in [0.3, 0.4) is 0 Å². The molecule has 2 atom stereocenters. The van der Waals surface area contributed by atoms with Crippen molar-refractivity contribution in [2.45, 2.75) is 39.3 Å². The first-order valence-electron chi connectivity index (χ1n) is 13.2. The van der Waals surface area contributed by atoms with Crippen LogP contribution in [0.1, 0.15) is 31.9 Å². The summed E-state index contributed by atoms with van der Waals surface area (Å²) in [5.41, 5.74) is 1.20. The summed E-state index contributed by atoms with van der Waals surface area (Å²) in [6.07, 6.45) is 1.42. The maximum Gasteiger partial charge on any atom is 0.374 e. The van der Waals surface area contributed by atoms with E-state index >= 15 is 0 Å². The summed E-state index contributed by atoms with van der Waals surface area (Å²) in [6, 6.07) is 9.50. The largest absolute Gasteiger partial charge is 0.493 e. The highest BCUT2D eigenvalue weighted by molar-refractivity contribution is 6.35. The van der Waals surface area contributed by atoms with Crippen molar-refractivity contribution in [2.24, 2.45) is 5.92 Å². The number of nitrogens with one attached hydrogen (secondary N) is 1. The number of ketones is 1. The first kappa shape index (κ1) is 31.7. The molecule has 1 aliphatic heterocycles. The number of carboxylic acids is 1. The molecule has 12 heteroatoms. The highest BCUT2D eigenvalue weighted by Gasteiger charge is 2.41. The second-order valence-corrected chi connectivity index (χ2v) is 9.95. The zero-order valence-corrected chi connectivity index (χ0v) is 24.4. The Kier molecular flexibility index (Phi) is 10.3. The van der Waals surface area contributed by atoms with Crippen LogP contribution >= 0.6 is 0 Å². The molecule has 2 aromatic carbocycles. The summed E-state index contributed by atoms with van der Waals surface area (Å²) in [5.74, 6) is -4.03. The lowest BCUT2D eigenvalue weighted by atomic mass is 9.96. The fraction of sp³-hybridized carbons (Fsp3) is 0.367. The van der Waals surface area contributed by atoms with Gasteiger partial charge in [0.25, 0.3) is 11.7 Å². The van der Waals surface area contributed by atoms with E-state index in [4.69, 9.17) is 14.2 Å². The predicted molar refractivity (Wildman–Crippen MR) is 152 cm³/mol. The third-order valence-corrected chi connectivity index (χ3v) is 6.77. The third kappa shape index (κ3) is 6.88. The van der Waals surface area contributed by atoms with E-state index in [1.807, 2.05) is 0 Å². The average molecular weight is 582 g/mol. The van der Waals surface area contributed by atoms with E-state index in [2.05, 4.69) is 5.32 Å². The van der Waals surface area contributed by atoms with E-state index < -0.39 is 42.2 Å². The Morgan fingerprint density at radius 3 is 2.05 bits per heavy atom. The highest BCUT2D eigenvalue weighted by atomic mass is 16.5. The molecule has 0 aliphatic carbocycles. The second-order valence-electron chi connectivity index (χ2n) is 9.95. The molecule has 1 unspecified atom stereocenters. The van der Waals surface area contributed by atoms with Gasteiger partial charge in [-0.05, 0) is 23.6 Å². The van der Waals surface area contributed by atoms with Gasteiger partial charge in [-0.25, -0.2) is 4.79 Å². The Morgan fingerprint density at radius 1 is 0.976 bits per heavy atom. The maximum absolute atomic E-state index is 13.9. The molecular weight excluding hydrogens is 546 g/mol. The molecule has 0 fully saturated rings. The lowest BCUT2D eigenvalue weighted by molar-refractivity contribution is -0.150. The smallest absolute Gasteiger partial charge is 0.374 e. The van der Waals surface area contributed by atoms with Crippen molar-refractivity contribution in [3.05, 3.63) is 59.8 Å². The Morgan fingerprint density at radius 2 is 1.57 bits per heavy atom. The van der Waals surface area contributed by atoms with Gasteiger partial charge in [0.15, 0.2) is 11.5 Å². The molecule has 3 rings (SSSR count). The molecule has 12 nitrogen and oxygen atoms in total. The number of amides is 3. The number of carbonyl (C=O) groups is 5. The van der Waals surface area contributed by atoms with Gasteiger partial charge in [0.1, 0.15) is 18.6 Å². The van der Waals surface area contributed by atoms with Gasteiger partial charge < -0.3 is 29.5 Å². The summed E-state index contributed by atoms with van der Waals surface area (Å²) in [4.78, 5) is 66.5. The molecule has 2 aromatic rings. The summed E-state index contributed by atoms with van der Waals surface area (Å²) in [7, 11) is 4.29. The first-order chi connectivity index (χ1) is 19.9. The van der Waals surface area contributed by atoms with Gasteiger partial charge in [-0.2, -0.15) is 0 Å². The van der Waals surface area contributed by atoms with Crippen molar-refractivity contribution in [3.63, 3.8) is 0 Å². The Hall–Kier alpha value is -4.87. The molecule has 0 aromatic heterocycles. The molecule has 2 N–H and O–H groups in total. The lowest BCUT2D eigenvalue weighted by Crippen LogP contribution is -2.56. The Labute approximate surface area is 243 Å². The highest BCUT2D eigenvalue weighted by Crippen LogP contribution is 2.41. The summed E-state index contributed by atoms with van der Waals surface area (Å²) in [6.45, 7) is 4.32. The molecule has 1 heterocycles. The molecule has 0 spiro atoms. The SMILES string of the molecule is COc1cc(C2=CN(C(C)=O)C(C(C)C)C(=O)N2CC(=O)N[C@@H](Cc2ccccc2)C(=O)C(=O)O)cc(OC)c1OC. The van der Waals surface area contributed by atoms with Crippen LogP contribution in [0.15, 0.2) is 48.7 Å². The molecule has 42 heavy (non-hydrogen) atoms. The minimum atomic E-state index is -1.69. The fourth-order valence-corrected chi connectivity index (χ4v) is 4.79. The molecule has 0 saturated carbocycles. The Bertz CT molecular complexity index is 1360. The maximum atomic E-state index is 13.9. The normalized spacial score (nSPS) is 15.5. The zero-order valence-electron chi connectivity index (χ0n) is 24.4. The third-order valence-electron chi connectivity index (χ3n) is 6.77. The van der Waals surface area contributed by atoms with Crippen LogP contribution < -0.4 is 19.5 Å². The predicted octanol–water partition coefficient (Wildman–Crippen LogP) is 2.11. The van der Waals surface area contributed by atoms with Gasteiger partial charge in [-0.15, -0.1) is 0 Å². The molecule has 0 bridgehead atoms. The van der Waals surface area contributed by atoms with Gasteiger partial charge in [0.2, 0.25) is 17.6 Å². The van der Waals surface area contributed by atoms with E-state index in [0.717, 1.165) is 0 Å². The molecule has 1 aliphatic rings. The number of benzene rings is 2. The lowest BCUT2D eigenvalue weighted by Gasteiger charge is -2.40. The van der Waals surface area contributed by atoms with Crippen molar-refractivity contribution in [3.8, 4) is 17.2 Å². The Balaban J connectivity index is 2.07. The van der Waals surface area contributed by atoms with Crippen LogP contribution in [0.25, 0.3) is 5.70 Å². The summed E-state index contributed by atoms with van der Waals surface area (Å²) in [5, 5.41) is 11.9. The molecule has 224 valence electrons. The molecule has 0 radical (unpaired) electrons. The standard InChI is InChI=1S/C30H35N3O9/c1-17(2)26-29(37)33(16-25(35)31-21(27(36)30(38)39)12-19-10-8-7-9-11-19)22(15-32(26)18(3)34)20-13-23(40-4)28(42-6)24(14-20)41-5/h7-11,13-15,17,21,26H,12,16H2,1-6H3,(H,31,35)(H,38,39)/t21-,26?/m0/s1. The van der Waals surface area contributed by atoms with Gasteiger partial charge in [0.05, 0.1) is 27.0 Å². The summed E-state index contributed by atoms with van der Waals surface area (Å²) < 4.78 is 16.3. The van der Waals surface area contributed by atoms with E-state index in [0.29, 0.717) is 16.9 Å². The monoisotopic (exact) mass is 581 g/mol. The van der Waals surface area contributed by atoms with Crippen LogP contribution in [0.4, 0.5) is 0 Å². The van der Waals surface area contributed by atoms with Crippen molar-refractivity contribution in [1.29, 1.82) is 0 Å². The van der Waals surface area contributed by atoms with Crippen molar-refractivity contribution in [1.82, 2.24) is 15.1 Å². The number of Topliss-reactive ketones (excluding diaryl/α,β-unsaturated/α-hetero) is 1. The average Bonchev–Trinajstić information content (AvgIpc) is 2.96. The van der Waals surface area contributed by atoms with Gasteiger partial charge >= 0.3 is 5.97 Å². The van der Waals surface area contributed by atoms with Crippen molar-refractivity contribution >= 4 is 35.2 Å². The van der Waals surface area contributed by atoms with Gasteiger partial charge in [0, 0.05) is 25.1 Å². The fourth-order valence-electron chi connectivity index (χ4n) is 4.79. The number of nitrogens with zero attached hydrogens (tertiary/aromatic N) is 2. The minimum Gasteiger partial charge on any atom is -0.493 e. The van der Waals surface area contributed by atoms with E-state index in [9.17, 15) is 29.1 Å². The van der Waals surface area contributed by atoms with Crippen LogP contribution in [0.5, 0.6) is 17.2 Å². The molecule has 0 saturated heterocycles. The number of rotatable bonds is 12. The minimum absolute atomic E-state index is 0.0615. The number of methoxy groups -OCH3 is 3. The second kappa shape index (κ2) is 13.7. The number of hydrogen-bond acceptors (Lipinski definition) is 8. The molecule has 3 amide bonds. The number of carbonyl (C=O) groups excluding carboxylic acids is 4. The zero-order chi connectivity index (χ0) is 31.1. The van der Waals surface area contributed by atoms with Crippen LogP contribution in [0, 0.1) is 5.92 Å². The van der Waals surface area contributed by atoms with Crippen LogP contribution in [0.2, 0.25) is 0 Å². The van der Waals surface area contributed by atoms with E-state index in [1.54, 1.807) is 56.3 Å². The quantitative estimate of drug-likeness (QED) is 0.359. The number of carboxylic acid groups (broad SMARTS) is 1. The van der Waals surface area contributed by atoms with Gasteiger partial charge in [-0.3, -0.25) is 24.1 Å². The van der Waals surface area contributed by atoms with Gasteiger partial charge in [-0.1, -0.05) is 44.2 Å². The van der Waals surface area contributed by atoms with E-state index in [1.165, 1.54) is 44.3 Å². The first-order valence-corrected chi connectivity index (χ1v) is 13.2. The number of hydrogen-bond donors (Lipinski definition) is 2. The van der Waals surface area contributed by atoms with Crippen LogP contribution in [-0.2, 0) is 30.4 Å². The van der Waals surface area contributed by atoms with Crippen LogP contribution in [-0.4, -0.2) is 84.3 Å². The molecular formula is C30H35N3O9.